The number of piperazine rings is 1. The number of aryl methyl sites for hydroxylation is 1. The molecule has 6 rings (SSSR count). The van der Waals surface area contributed by atoms with Gasteiger partial charge in [0.2, 0.25) is 5.95 Å². The first-order valence-electron chi connectivity index (χ1n) is 11.6. The van der Waals surface area contributed by atoms with Gasteiger partial charge in [-0.3, -0.25) is 9.55 Å². The summed E-state index contributed by atoms with van der Waals surface area (Å²) in [5, 5.41) is 3.28. The minimum absolute atomic E-state index is 0.0323. The molecule has 1 aliphatic rings. The van der Waals surface area contributed by atoms with Crippen molar-refractivity contribution in [2.24, 2.45) is 0 Å². The number of likely N-dealkylation sites (N-methyl/N-ethyl adjacent to an activating group) is 1. The number of hydrogen-bond donors (Lipinski definition) is 2. The van der Waals surface area contributed by atoms with Crippen molar-refractivity contribution in [1.82, 2.24) is 39.4 Å². The van der Waals surface area contributed by atoms with Crippen LogP contribution in [0.2, 0.25) is 0 Å². The van der Waals surface area contributed by atoms with Crippen molar-refractivity contribution in [3.8, 4) is 5.69 Å². The van der Waals surface area contributed by atoms with Gasteiger partial charge in [-0.2, -0.15) is 9.97 Å². The second-order valence-corrected chi connectivity index (χ2v) is 8.90. The minimum Gasteiger partial charge on any atom is -0.361 e. The van der Waals surface area contributed by atoms with E-state index >= 15 is 0 Å². The number of aromatic nitrogens is 7. The SMILES string of the molecule is Cc1cc(-n2cnc3c(NCc4nc5c(F)c(F)ccc5[nH]4)nc(N4CCN(C)CC4)nc32)ccn1. The van der Waals surface area contributed by atoms with Crippen LogP contribution in [0.1, 0.15) is 11.5 Å². The van der Waals surface area contributed by atoms with Crippen LogP contribution < -0.4 is 10.2 Å². The van der Waals surface area contributed by atoms with Gasteiger partial charge < -0.3 is 20.1 Å². The van der Waals surface area contributed by atoms with Crippen LogP contribution in [-0.4, -0.2) is 72.6 Å². The molecule has 5 heterocycles. The first-order valence-corrected chi connectivity index (χ1v) is 11.6. The maximum absolute atomic E-state index is 14.1. The molecule has 36 heavy (non-hydrogen) atoms. The number of pyridine rings is 1. The van der Waals surface area contributed by atoms with E-state index in [0.717, 1.165) is 43.6 Å². The number of benzene rings is 1. The maximum Gasteiger partial charge on any atom is 0.229 e. The van der Waals surface area contributed by atoms with Crippen molar-refractivity contribution in [3.63, 3.8) is 0 Å². The van der Waals surface area contributed by atoms with Crippen molar-refractivity contribution in [2.45, 2.75) is 13.5 Å². The van der Waals surface area contributed by atoms with Gasteiger partial charge in [0.15, 0.2) is 28.6 Å². The monoisotopic (exact) mass is 490 g/mol. The lowest BCUT2D eigenvalue weighted by Crippen LogP contribution is -2.45. The predicted molar refractivity (Wildman–Crippen MR) is 132 cm³/mol. The molecule has 0 unspecified atom stereocenters. The molecule has 4 aromatic heterocycles. The third-order valence-corrected chi connectivity index (χ3v) is 6.35. The summed E-state index contributed by atoms with van der Waals surface area (Å²) in [7, 11) is 2.09. The van der Waals surface area contributed by atoms with E-state index < -0.39 is 11.6 Å². The van der Waals surface area contributed by atoms with Crippen molar-refractivity contribution in [2.75, 3.05) is 43.4 Å². The highest BCUT2D eigenvalue weighted by molar-refractivity contribution is 5.85. The molecule has 2 N–H and O–H groups in total. The Hall–Kier alpha value is -4.19. The number of aromatic amines is 1. The third-order valence-electron chi connectivity index (χ3n) is 6.35. The summed E-state index contributed by atoms with van der Waals surface area (Å²) in [5.74, 6) is -0.316. The quantitative estimate of drug-likeness (QED) is 0.388. The highest BCUT2D eigenvalue weighted by Gasteiger charge is 2.21. The molecule has 184 valence electrons. The number of hydrogen-bond acceptors (Lipinski definition) is 8. The Morgan fingerprint density at radius 2 is 1.83 bits per heavy atom. The molecule has 0 radical (unpaired) electrons. The van der Waals surface area contributed by atoms with E-state index in [-0.39, 0.29) is 12.1 Å². The molecule has 12 heteroatoms. The summed E-state index contributed by atoms with van der Waals surface area (Å²) < 4.78 is 29.7. The minimum atomic E-state index is -0.969. The molecule has 0 saturated carbocycles. The molecule has 5 aromatic rings. The van der Waals surface area contributed by atoms with E-state index in [1.54, 1.807) is 12.5 Å². The zero-order valence-electron chi connectivity index (χ0n) is 19.8. The van der Waals surface area contributed by atoms with Gasteiger partial charge in [0.1, 0.15) is 17.7 Å². The number of anilines is 2. The third kappa shape index (κ3) is 3.98. The molecule has 0 amide bonds. The molecule has 10 nitrogen and oxygen atoms in total. The normalized spacial score (nSPS) is 14.7. The average Bonchev–Trinajstić information content (AvgIpc) is 3.50. The second kappa shape index (κ2) is 8.79. The highest BCUT2D eigenvalue weighted by atomic mass is 19.2. The Kier molecular flexibility index (Phi) is 5.44. The standard InChI is InChI=1S/C24H24F2N10/c1-14-11-15(5-6-27-14)36-13-29-21-22(32-24(33-23(21)36)35-9-7-34(2)8-10-35)28-12-18-30-17-4-3-16(25)19(26)20(17)31-18/h3-6,11,13H,7-10,12H2,1-2H3,(H,30,31)(H,28,32,33). The van der Waals surface area contributed by atoms with Crippen LogP contribution >= 0.6 is 0 Å². The fraction of sp³-hybridized carbons (Fsp3) is 0.292. The lowest BCUT2D eigenvalue weighted by atomic mass is 10.3. The van der Waals surface area contributed by atoms with Crippen LogP contribution in [0.3, 0.4) is 0 Å². The van der Waals surface area contributed by atoms with Gasteiger partial charge in [-0.1, -0.05) is 0 Å². The number of imidazole rings is 2. The van der Waals surface area contributed by atoms with Crippen molar-refractivity contribution < 1.29 is 8.78 Å². The zero-order chi connectivity index (χ0) is 24.8. The van der Waals surface area contributed by atoms with Gasteiger partial charge in [-0.15, -0.1) is 0 Å². The fourth-order valence-electron chi connectivity index (χ4n) is 4.35. The smallest absolute Gasteiger partial charge is 0.229 e. The predicted octanol–water partition coefficient (Wildman–Crippen LogP) is 3.04. The van der Waals surface area contributed by atoms with E-state index in [9.17, 15) is 8.78 Å². The number of H-pyrrole nitrogens is 1. The fourth-order valence-corrected chi connectivity index (χ4v) is 4.35. The summed E-state index contributed by atoms with van der Waals surface area (Å²) in [6, 6.07) is 6.42. The molecule has 0 spiro atoms. The number of nitrogens with zero attached hydrogens (tertiary/aromatic N) is 8. The Balaban J connectivity index is 1.39. The number of rotatable bonds is 5. The van der Waals surface area contributed by atoms with Crippen molar-refractivity contribution in [1.29, 1.82) is 0 Å². The lowest BCUT2D eigenvalue weighted by molar-refractivity contribution is 0.311. The van der Waals surface area contributed by atoms with Gasteiger partial charge in [-0.05, 0) is 38.2 Å². The van der Waals surface area contributed by atoms with Crippen LogP contribution in [0.25, 0.3) is 27.9 Å². The highest BCUT2D eigenvalue weighted by Crippen LogP contribution is 2.26. The number of fused-ring (bicyclic) bond motifs is 2. The van der Waals surface area contributed by atoms with Gasteiger partial charge in [0.25, 0.3) is 0 Å². The zero-order valence-corrected chi connectivity index (χ0v) is 19.8. The van der Waals surface area contributed by atoms with Crippen molar-refractivity contribution in [3.05, 3.63) is 59.9 Å². The number of nitrogens with one attached hydrogen (secondary N) is 2. The van der Waals surface area contributed by atoms with Crippen LogP contribution in [0, 0.1) is 18.6 Å². The summed E-state index contributed by atoms with van der Waals surface area (Å²) in [5.41, 5.74) is 3.42. The van der Waals surface area contributed by atoms with Crippen LogP contribution in [0.4, 0.5) is 20.5 Å². The number of halogens is 2. The molecular formula is C24H24F2N10. The topological polar surface area (TPSA) is 104 Å². The Labute approximate surface area is 205 Å². The Morgan fingerprint density at radius 3 is 2.64 bits per heavy atom. The van der Waals surface area contributed by atoms with Crippen molar-refractivity contribution >= 4 is 34.0 Å². The average molecular weight is 491 g/mol. The molecule has 1 fully saturated rings. The van der Waals surface area contributed by atoms with Crippen LogP contribution in [-0.2, 0) is 6.54 Å². The summed E-state index contributed by atoms with van der Waals surface area (Å²) >= 11 is 0. The Morgan fingerprint density at radius 1 is 1.00 bits per heavy atom. The second-order valence-electron chi connectivity index (χ2n) is 8.90. The summed E-state index contributed by atoms with van der Waals surface area (Å²) in [6.45, 7) is 5.58. The van der Waals surface area contributed by atoms with Gasteiger partial charge in [0.05, 0.1) is 17.7 Å². The summed E-state index contributed by atoms with van der Waals surface area (Å²) in [4.78, 5) is 30.2. The molecule has 1 aromatic carbocycles. The van der Waals surface area contributed by atoms with Crippen LogP contribution in [0.15, 0.2) is 36.8 Å². The van der Waals surface area contributed by atoms with E-state index in [0.29, 0.717) is 34.3 Å². The largest absolute Gasteiger partial charge is 0.361 e. The molecule has 0 atom stereocenters. The van der Waals surface area contributed by atoms with E-state index in [2.05, 4.69) is 42.1 Å². The summed E-state index contributed by atoms with van der Waals surface area (Å²) in [6.07, 6.45) is 3.47. The molecule has 1 saturated heterocycles. The van der Waals surface area contributed by atoms with E-state index in [1.165, 1.54) is 6.07 Å². The molecule has 0 bridgehead atoms. The first kappa shape index (κ1) is 22.3. The molecule has 0 aliphatic carbocycles. The molecule has 1 aliphatic heterocycles. The Bertz CT molecular complexity index is 1570. The lowest BCUT2D eigenvalue weighted by Gasteiger charge is -2.32. The van der Waals surface area contributed by atoms with Gasteiger partial charge >= 0.3 is 0 Å². The first-order chi connectivity index (χ1) is 17.5. The van der Waals surface area contributed by atoms with E-state index in [1.807, 2.05) is 23.6 Å². The maximum atomic E-state index is 14.1. The van der Waals surface area contributed by atoms with Gasteiger partial charge in [0, 0.05) is 38.1 Å². The van der Waals surface area contributed by atoms with Gasteiger partial charge in [-0.25, -0.2) is 18.7 Å². The molecular weight excluding hydrogens is 466 g/mol. The van der Waals surface area contributed by atoms with Crippen LogP contribution in [0.5, 0.6) is 0 Å². The van der Waals surface area contributed by atoms with E-state index in [4.69, 9.17) is 9.97 Å².